The molecule has 0 saturated heterocycles. The van der Waals surface area contributed by atoms with Gasteiger partial charge in [0.2, 0.25) is 11.8 Å². The Balaban J connectivity index is 1.74. The molecule has 0 saturated carbocycles. The average Bonchev–Trinajstić information content (AvgIpc) is 2.84. The molecular formula is C27H30ClN3O4. The zero-order valence-electron chi connectivity index (χ0n) is 20.1. The molecule has 0 radical (unpaired) electrons. The van der Waals surface area contributed by atoms with Crippen molar-refractivity contribution < 1.29 is 19.1 Å². The van der Waals surface area contributed by atoms with Crippen LogP contribution in [0.2, 0.25) is 5.02 Å². The second kappa shape index (κ2) is 12.4. The molecule has 2 N–H and O–H groups in total. The highest BCUT2D eigenvalue weighted by Gasteiger charge is 2.29. The Kier molecular flexibility index (Phi) is 9.25. The van der Waals surface area contributed by atoms with Crippen molar-refractivity contribution in [3.8, 4) is 11.5 Å². The first kappa shape index (κ1) is 26.2. The SMILES string of the molecule is CC(C(N)=O)N(C(=O)C[C@H](OCc1ccccc1)N(C)C)c1ccc(Oc2ccc(Cl)cc2)cc1. The standard InChI is InChI=1S/C27H30ClN3O4/c1-19(27(29)33)31(22-11-15-24(16-12-22)35-23-13-9-21(28)10-14-23)25(32)17-26(30(2)3)34-18-20-7-5-4-6-8-20/h4-16,19,26H,17-18H2,1-3H3,(H2,29,33)/t19?,26-/m0/s1. The average molecular weight is 496 g/mol. The van der Waals surface area contributed by atoms with E-state index < -0.39 is 18.2 Å². The Morgan fingerprint density at radius 1 is 0.914 bits per heavy atom. The van der Waals surface area contributed by atoms with Crippen molar-refractivity contribution in [3.05, 3.63) is 89.4 Å². The van der Waals surface area contributed by atoms with Crippen LogP contribution in [-0.4, -0.2) is 43.1 Å². The number of carbonyl (C=O) groups excluding carboxylic acids is 2. The third-order valence-electron chi connectivity index (χ3n) is 5.44. The van der Waals surface area contributed by atoms with Gasteiger partial charge in [-0.15, -0.1) is 0 Å². The molecule has 0 fully saturated rings. The first-order valence-corrected chi connectivity index (χ1v) is 11.6. The lowest BCUT2D eigenvalue weighted by molar-refractivity contribution is -0.129. The molecule has 8 heteroatoms. The predicted octanol–water partition coefficient (Wildman–Crippen LogP) is 4.83. The summed E-state index contributed by atoms with van der Waals surface area (Å²) in [7, 11) is 3.68. The Morgan fingerprint density at radius 2 is 1.49 bits per heavy atom. The van der Waals surface area contributed by atoms with Crippen molar-refractivity contribution in [2.45, 2.75) is 32.2 Å². The molecule has 0 aliphatic heterocycles. The Bertz CT molecular complexity index is 1110. The summed E-state index contributed by atoms with van der Waals surface area (Å²) in [5, 5.41) is 0.617. The van der Waals surface area contributed by atoms with E-state index in [0.717, 1.165) is 5.56 Å². The van der Waals surface area contributed by atoms with E-state index in [1.54, 1.807) is 55.5 Å². The molecule has 2 amide bonds. The fourth-order valence-electron chi connectivity index (χ4n) is 3.43. The second-order valence-corrected chi connectivity index (χ2v) is 8.75. The van der Waals surface area contributed by atoms with Crippen LogP contribution in [-0.2, 0) is 20.9 Å². The quantitative estimate of drug-likeness (QED) is 0.385. The monoisotopic (exact) mass is 495 g/mol. The molecule has 3 aromatic carbocycles. The number of nitrogens with two attached hydrogens (primary N) is 1. The third kappa shape index (κ3) is 7.55. The predicted molar refractivity (Wildman–Crippen MR) is 137 cm³/mol. The third-order valence-corrected chi connectivity index (χ3v) is 5.69. The molecule has 184 valence electrons. The van der Waals surface area contributed by atoms with Crippen LogP contribution in [0.4, 0.5) is 5.69 Å². The van der Waals surface area contributed by atoms with Gasteiger partial charge in [-0.05, 0) is 75.1 Å². The number of primary amides is 1. The number of benzene rings is 3. The minimum Gasteiger partial charge on any atom is -0.457 e. The molecule has 0 aromatic heterocycles. The van der Waals surface area contributed by atoms with Crippen LogP contribution >= 0.6 is 11.6 Å². The fraction of sp³-hybridized carbons (Fsp3) is 0.259. The van der Waals surface area contributed by atoms with E-state index in [9.17, 15) is 9.59 Å². The highest BCUT2D eigenvalue weighted by molar-refractivity contribution is 6.30. The molecule has 0 aliphatic carbocycles. The number of hydrogen-bond acceptors (Lipinski definition) is 5. The summed E-state index contributed by atoms with van der Waals surface area (Å²) in [6.07, 6.45) is -0.446. The van der Waals surface area contributed by atoms with E-state index >= 15 is 0 Å². The second-order valence-electron chi connectivity index (χ2n) is 8.31. The Morgan fingerprint density at radius 3 is 2.03 bits per heavy atom. The van der Waals surface area contributed by atoms with Crippen LogP contribution in [0.25, 0.3) is 0 Å². The van der Waals surface area contributed by atoms with Crippen molar-refractivity contribution in [2.24, 2.45) is 5.73 Å². The van der Waals surface area contributed by atoms with E-state index in [1.165, 1.54) is 4.90 Å². The summed E-state index contributed by atoms with van der Waals surface area (Å²) < 4.78 is 11.8. The number of ether oxygens (including phenoxy) is 2. The van der Waals surface area contributed by atoms with Crippen molar-refractivity contribution in [2.75, 3.05) is 19.0 Å². The topological polar surface area (TPSA) is 85.1 Å². The van der Waals surface area contributed by atoms with Gasteiger partial charge in [-0.25, -0.2) is 0 Å². The van der Waals surface area contributed by atoms with Crippen LogP contribution in [0.3, 0.4) is 0 Å². The van der Waals surface area contributed by atoms with E-state index in [4.69, 9.17) is 26.8 Å². The highest BCUT2D eigenvalue weighted by Crippen LogP contribution is 2.27. The zero-order chi connectivity index (χ0) is 25.4. The molecule has 0 heterocycles. The number of amides is 2. The van der Waals surface area contributed by atoms with Gasteiger partial charge in [0.25, 0.3) is 0 Å². The summed E-state index contributed by atoms with van der Waals surface area (Å²) in [4.78, 5) is 28.7. The molecule has 35 heavy (non-hydrogen) atoms. The zero-order valence-corrected chi connectivity index (χ0v) is 20.8. The minimum absolute atomic E-state index is 0.0421. The number of rotatable bonds is 11. The summed E-state index contributed by atoms with van der Waals surface area (Å²) in [5.74, 6) is 0.318. The van der Waals surface area contributed by atoms with Crippen LogP contribution in [0, 0.1) is 0 Å². The van der Waals surface area contributed by atoms with E-state index in [-0.39, 0.29) is 12.3 Å². The molecule has 7 nitrogen and oxygen atoms in total. The van der Waals surface area contributed by atoms with Crippen molar-refractivity contribution in [3.63, 3.8) is 0 Å². The number of hydrogen-bond donors (Lipinski definition) is 1. The van der Waals surface area contributed by atoms with Gasteiger partial charge in [0.15, 0.2) is 0 Å². The first-order valence-electron chi connectivity index (χ1n) is 11.2. The number of anilines is 1. The van der Waals surface area contributed by atoms with Crippen LogP contribution < -0.4 is 15.4 Å². The fourth-order valence-corrected chi connectivity index (χ4v) is 3.56. The van der Waals surface area contributed by atoms with Gasteiger partial charge in [-0.2, -0.15) is 0 Å². The van der Waals surface area contributed by atoms with Gasteiger partial charge in [-0.3, -0.25) is 14.5 Å². The van der Waals surface area contributed by atoms with Gasteiger partial charge in [-0.1, -0.05) is 41.9 Å². The van der Waals surface area contributed by atoms with Crippen LogP contribution in [0.5, 0.6) is 11.5 Å². The smallest absolute Gasteiger partial charge is 0.240 e. The van der Waals surface area contributed by atoms with Crippen molar-refractivity contribution in [1.29, 1.82) is 0 Å². The molecule has 3 aromatic rings. The Hall–Kier alpha value is -3.39. The molecule has 3 rings (SSSR count). The molecule has 0 spiro atoms. The van der Waals surface area contributed by atoms with Crippen molar-refractivity contribution in [1.82, 2.24) is 4.90 Å². The van der Waals surface area contributed by atoms with Crippen LogP contribution in [0.15, 0.2) is 78.9 Å². The van der Waals surface area contributed by atoms with E-state index in [0.29, 0.717) is 28.8 Å². The number of carbonyl (C=O) groups is 2. The normalized spacial score (nSPS) is 12.7. The lowest BCUT2D eigenvalue weighted by atomic mass is 10.1. The number of nitrogens with zero attached hydrogens (tertiary/aromatic N) is 2. The van der Waals surface area contributed by atoms with Gasteiger partial charge in [0.1, 0.15) is 23.8 Å². The number of halogens is 1. The summed E-state index contributed by atoms with van der Waals surface area (Å²) >= 11 is 5.92. The van der Waals surface area contributed by atoms with E-state index in [1.807, 2.05) is 49.3 Å². The molecular weight excluding hydrogens is 466 g/mol. The summed E-state index contributed by atoms with van der Waals surface area (Å²) in [6.45, 7) is 1.97. The lowest BCUT2D eigenvalue weighted by Crippen LogP contribution is -2.48. The lowest BCUT2D eigenvalue weighted by Gasteiger charge is -2.31. The van der Waals surface area contributed by atoms with Gasteiger partial charge >= 0.3 is 0 Å². The van der Waals surface area contributed by atoms with E-state index in [2.05, 4.69) is 0 Å². The molecule has 0 aliphatic rings. The highest BCUT2D eigenvalue weighted by atomic mass is 35.5. The molecule has 1 unspecified atom stereocenters. The maximum absolute atomic E-state index is 13.4. The van der Waals surface area contributed by atoms with Gasteiger partial charge < -0.3 is 20.1 Å². The van der Waals surface area contributed by atoms with Gasteiger partial charge in [0, 0.05) is 10.7 Å². The van der Waals surface area contributed by atoms with Crippen LogP contribution in [0.1, 0.15) is 18.9 Å². The molecule has 0 bridgehead atoms. The maximum Gasteiger partial charge on any atom is 0.240 e. The summed E-state index contributed by atoms with van der Waals surface area (Å²) in [6, 6.07) is 22.8. The first-order chi connectivity index (χ1) is 16.7. The Labute approximate surface area is 211 Å². The minimum atomic E-state index is -0.845. The molecule has 2 atom stereocenters. The van der Waals surface area contributed by atoms with Gasteiger partial charge in [0.05, 0.1) is 13.0 Å². The largest absolute Gasteiger partial charge is 0.457 e. The van der Waals surface area contributed by atoms with Crippen molar-refractivity contribution >= 4 is 29.1 Å². The summed E-state index contributed by atoms with van der Waals surface area (Å²) in [5.41, 5.74) is 7.11. The maximum atomic E-state index is 13.4.